The van der Waals surface area contributed by atoms with Crippen molar-refractivity contribution in [1.82, 2.24) is 20.2 Å². The minimum atomic E-state index is -0.346. The maximum atomic E-state index is 12.2. The number of anilines is 1. The fourth-order valence-electron chi connectivity index (χ4n) is 3.00. The molecule has 0 saturated carbocycles. The first-order valence-electron chi connectivity index (χ1n) is 9.82. The van der Waals surface area contributed by atoms with E-state index in [-0.39, 0.29) is 18.2 Å². The number of benzene rings is 3. The number of rotatable bonds is 8. The summed E-state index contributed by atoms with van der Waals surface area (Å²) in [4.78, 5) is 13.4. The summed E-state index contributed by atoms with van der Waals surface area (Å²) in [6.45, 7) is 0.289. The Kier molecular flexibility index (Phi) is 6.26. The van der Waals surface area contributed by atoms with Crippen LogP contribution < -0.4 is 14.8 Å². The molecule has 0 saturated heterocycles. The Morgan fingerprint density at radius 3 is 2.66 bits per heavy atom. The molecule has 4 rings (SSSR count). The van der Waals surface area contributed by atoms with Crippen molar-refractivity contribution in [3.05, 3.63) is 78.4 Å². The monoisotopic (exact) mass is 431 g/mol. The predicted molar refractivity (Wildman–Crippen MR) is 117 cm³/mol. The zero-order valence-corrected chi connectivity index (χ0v) is 17.3. The second-order valence-corrected chi connectivity index (χ2v) is 6.88. The summed E-state index contributed by atoms with van der Waals surface area (Å²) in [6.07, 6.45) is 0. The quantitative estimate of drug-likeness (QED) is 0.440. The minimum Gasteiger partial charge on any atom is -0.508 e. The molecule has 0 atom stereocenters. The molecule has 0 bridgehead atoms. The number of carbonyl (C=O) groups is 1. The second kappa shape index (κ2) is 9.61. The smallest absolute Gasteiger partial charge is 0.248 e. The number of phenols is 1. The third kappa shape index (κ3) is 5.20. The fourth-order valence-corrected chi connectivity index (χ4v) is 3.00. The first-order valence-corrected chi connectivity index (χ1v) is 9.82. The fraction of sp³-hybridized carbons (Fsp3) is 0.130. The van der Waals surface area contributed by atoms with Crippen LogP contribution in [-0.2, 0) is 17.9 Å². The van der Waals surface area contributed by atoms with E-state index < -0.39 is 0 Å². The van der Waals surface area contributed by atoms with Crippen molar-refractivity contribution in [2.24, 2.45) is 0 Å². The number of nitrogens with one attached hydrogen (secondary N) is 1. The van der Waals surface area contributed by atoms with Crippen molar-refractivity contribution in [2.45, 2.75) is 13.2 Å². The summed E-state index contributed by atoms with van der Waals surface area (Å²) in [5, 5.41) is 24.4. The van der Waals surface area contributed by atoms with Crippen LogP contribution in [0, 0.1) is 0 Å². The van der Waals surface area contributed by atoms with Gasteiger partial charge < -0.3 is 19.9 Å². The number of carbonyl (C=O) groups excluding carboxylic acids is 1. The Bertz CT molecular complexity index is 1210. The van der Waals surface area contributed by atoms with Crippen LogP contribution in [-0.4, -0.2) is 38.3 Å². The number of nitrogens with zero attached hydrogens (tertiary/aromatic N) is 4. The van der Waals surface area contributed by atoms with Crippen LogP contribution >= 0.6 is 0 Å². The summed E-state index contributed by atoms with van der Waals surface area (Å²) in [5.41, 5.74) is 2.20. The standard InChI is InChI=1S/C23H21N5O4/c1-31-21-12-17(10-11-20(21)32-15-16-6-3-2-4-7-16)23-25-27-28(26-23)14-22(30)24-18-8-5-9-19(29)13-18/h2-13,29H,14-15H2,1H3,(H,24,30). The maximum Gasteiger partial charge on any atom is 0.248 e. The molecule has 1 aromatic heterocycles. The number of aromatic hydroxyl groups is 1. The van der Waals surface area contributed by atoms with Gasteiger partial charge in [-0.05, 0) is 41.1 Å². The Labute approximate surface area is 184 Å². The van der Waals surface area contributed by atoms with E-state index in [0.717, 1.165) is 5.56 Å². The maximum absolute atomic E-state index is 12.2. The molecule has 1 amide bonds. The van der Waals surface area contributed by atoms with E-state index in [1.807, 2.05) is 30.3 Å². The zero-order chi connectivity index (χ0) is 22.3. The molecule has 2 N–H and O–H groups in total. The SMILES string of the molecule is COc1cc(-c2nnn(CC(=O)Nc3cccc(O)c3)n2)ccc1OCc1ccccc1. The van der Waals surface area contributed by atoms with E-state index in [0.29, 0.717) is 35.2 Å². The normalized spacial score (nSPS) is 10.5. The van der Waals surface area contributed by atoms with Crippen LogP contribution in [0.5, 0.6) is 17.2 Å². The highest BCUT2D eigenvalue weighted by Crippen LogP contribution is 2.31. The molecule has 162 valence electrons. The highest BCUT2D eigenvalue weighted by molar-refractivity contribution is 5.90. The van der Waals surface area contributed by atoms with E-state index in [2.05, 4.69) is 20.7 Å². The predicted octanol–water partition coefficient (Wildman–Crippen LogP) is 3.27. The van der Waals surface area contributed by atoms with Crippen molar-refractivity contribution in [1.29, 1.82) is 0 Å². The van der Waals surface area contributed by atoms with Crippen molar-refractivity contribution < 1.29 is 19.4 Å². The average molecular weight is 431 g/mol. The molecule has 0 fully saturated rings. The molecule has 1 heterocycles. The van der Waals surface area contributed by atoms with Gasteiger partial charge in [0.05, 0.1) is 7.11 Å². The highest BCUT2D eigenvalue weighted by atomic mass is 16.5. The highest BCUT2D eigenvalue weighted by Gasteiger charge is 2.13. The molecule has 0 aliphatic heterocycles. The third-order valence-electron chi connectivity index (χ3n) is 4.53. The Balaban J connectivity index is 1.42. The van der Waals surface area contributed by atoms with E-state index in [9.17, 15) is 9.90 Å². The number of aromatic nitrogens is 4. The number of tetrazole rings is 1. The molecule has 0 unspecified atom stereocenters. The van der Waals surface area contributed by atoms with E-state index in [4.69, 9.17) is 9.47 Å². The van der Waals surface area contributed by atoms with Gasteiger partial charge in [0.1, 0.15) is 18.9 Å². The average Bonchev–Trinajstić information content (AvgIpc) is 3.26. The van der Waals surface area contributed by atoms with Crippen LogP contribution in [0.25, 0.3) is 11.4 Å². The number of amides is 1. The van der Waals surface area contributed by atoms with Crippen molar-refractivity contribution in [2.75, 3.05) is 12.4 Å². The lowest BCUT2D eigenvalue weighted by Crippen LogP contribution is -2.20. The molecule has 0 aliphatic carbocycles. The number of phenolic OH excluding ortho intramolecular Hbond substituents is 1. The minimum absolute atomic E-state index is 0.0640. The summed E-state index contributed by atoms with van der Waals surface area (Å²) in [5.74, 6) is 1.20. The third-order valence-corrected chi connectivity index (χ3v) is 4.53. The van der Waals surface area contributed by atoms with Gasteiger partial charge in [-0.3, -0.25) is 4.79 Å². The number of hydrogen-bond acceptors (Lipinski definition) is 7. The molecule has 0 aliphatic rings. The largest absolute Gasteiger partial charge is 0.508 e. The Morgan fingerprint density at radius 1 is 1.03 bits per heavy atom. The van der Waals surface area contributed by atoms with Crippen LogP contribution in [0.3, 0.4) is 0 Å². The van der Waals surface area contributed by atoms with Crippen LogP contribution in [0.4, 0.5) is 5.69 Å². The van der Waals surface area contributed by atoms with Crippen molar-refractivity contribution in [3.63, 3.8) is 0 Å². The molecule has 0 radical (unpaired) electrons. The van der Waals surface area contributed by atoms with Crippen LogP contribution in [0.15, 0.2) is 72.8 Å². The topological polar surface area (TPSA) is 111 Å². The molecule has 32 heavy (non-hydrogen) atoms. The number of methoxy groups -OCH3 is 1. The Morgan fingerprint density at radius 2 is 1.88 bits per heavy atom. The summed E-state index contributed by atoms with van der Waals surface area (Å²) < 4.78 is 11.3. The van der Waals surface area contributed by atoms with E-state index in [1.165, 1.54) is 16.9 Å². The Hall–Kier alpha value is -4.40. The molecular formula is C23H21N5O4. The molecular weight excluding hydrogens is 410 g/mol. The lowest BCUT2D eigenvalue weighted by atomic mass is 10.2. The zero-order valence-electron chi connectivity index (χ0n) is 17.3. The van der Waals surface area contributed by atoms with Crippen molar-refractivity contribution >= 4 is 11.6 Å². The van der Waals surface area contributed by atoms with Crippen LogP contribution in [0.2, 0.25) is 0 Å². The van der Waals surface area contributed by atoms with E-state index in [1.54, 1.807) is 37.4 Å². The van der Waals surface area contributed by atoms with Gasteiger partial charge in [0, 0.05) is 17.3 Å². The lowest BCUT2D eigenvalue weighted by molar-refractivity contribution is -0.117. The van der Waals surface area contributed by atoms with Crippen LogP contribution in [0.1, 0.15) is 5.56 Å². The first kappa shape index (κ1) is 20.9. The first-order chi connectivity index (χ1) is 15.6. The van der Waals surface area contributed by atoms with Gasteiger partial charge >= 0.3 is 0 Å². The van der Waals surface area contributed by atoms with E-state index >= 15 is 0 Å². The molecule has 9 heteroatoms. The summed E-state index contributed by atoms with van der Waals surface area (Å²) in [6, 6.07) is 21.5. The lowest BCUT2D eigenvalue weighted by Gasteiger charge is -2.11. The molecule has 0 spiro atoms. The van der Waals surface area contributed by atoms with Gasteiger partial charge in [-0.1, -0.05) is 36.4 Å². The van der Waals surface area contributed by atoms with Gasteiger partial charge in [-0.15, -0.1) is 10.2 Å². The van der Waals surface area contributed by atoms with Gasteiger partial charge in [0.25, 0.3) is 0 Å². The van der Waals surface area contributed by atoms with Gasteiger partial charge in [-0.25, -0.2) is 0 Å². The number of ether oxygens (including phenoxy) is 2. The number of hydrogen-bond donors (Lipinski definition) is 2. The molecule has 9 nitrogen and oxygen atoms in total. The van der Waals surface area contributed by atoms with Gasteiger partial charge in [0.2, 0.25) is 11.7 Å². The summed E-state index contributed by atoms with van der Waals surface area (Å²) in [7, 11) is 1.56. The summed E-state index contributed by atoms with van der Waals surface area (Å²) >= 11 is 0. The van der Waals surface area contributed by atoms with Gasteiger partial charge in [0.15, 0.2) is 11.5 Å². The van der Waals surface area contributed by atoms with Crippen molar-refractivity contribution in [3.8, 4) is 28.6 Å². The molecule has 4 aromatic rings. The van der Waals surface area contributed by atoms with Gasteiger partial charge in [-0.2, -0.15) is 4.80 Å². The second-order valence-electron chi connectivity index (χ2n) is 6.88. The molecule has 3 aromatic carbocycles.